The highest BCUT2D eigenvalue weighted by atomic mass is 32.2. The van der Waals surface area contributed by atoms with Gasteiger partial charge in [-0.15, -0.1) is 0 Å². The molecule has 0 aromatic rings. The van der Waals surface area contributed by atoms with Crippen molar-refractivity contribution in [3.63, 3.8) is 0 Å². The van der Waals surface area contributed by atoms with Gasteiger partial charge in [0.05, 0.1) is 6.10 Å². The summed E-state index contributed by atoms with van der Waals surface area (Å²) in [4.78, 5) is 0. The molecule has 114 valence electrons. The normalized spacial score (nSPS) is 20.6. The van der Waals surface area contributed by atoms with Gasteiger partial charge in [-0.2, -0.15) is 17.0 Å². The molecule has 1 N–H and O–H groups in total. The van der Waals surface area contributed by atoms with Crippen LogP contribution in [0.5, 0.6) is 0 Å². The first-order chi connectivity index (χ1) is 9.02. The lowest BCUT2D eigenvalue weighted by Crippen LogP contribution is -2.45. The van der Waals surface area contributed by atoms with Gasteiger partial charge in [0.1, 0.15) is 0 Å². The number of nitrogens with one attached hydrogen (secondary N) is 1. The highest BCUT2D eigenvalue weighted by Gasteiger charge is 2.29. The lowest BCUT2D eigenvalue weighted by Gasteiger charge is -2.28. The Balaban J connectivity index is 2.55. The molecule has 1 fully saturated rings. The smallest absolute Gasteiger partial charge is 0.281 e. The van der Waals surface area contributed by atoms with Crippen molar-refractivity contribution in [1.29, 1.82) is 0 Å². The highest BCUT2D eigenvalue weighted by Crippen LogP contribution is 2.16. The molecular formula is C12H27N3O3S. The molecule has 1 unspecified atom stereocenters. The van der Waals surface area contributed by atoms with E-state index in [0.717, 1.165) is 32.4 Å². The Labute approximate surface area is 117 Å². The van der Waals surface area contributed by atoms with Crippen LogP contribution in [0.4, 0.5) is 0 Å². The molecule has 1 aliphatic rings. The fourth-order valence-corrected chi connectivity index (χ4v) is 3.63. The lowest BCUT2D eigenvalue weighted by molar-refractivity contribution is 0.0933. The first-order valence-corrected chi connectivity index (χ1v) is 8.39. The predicted octanol–water partition coefficient (Wildman–Crippen LogP) is 0.273. The van der Waals surface area contributed by atoms with E-state index in [1.54, 1.807) is 7.05 Å². The van der Waals surface area contributed by atoms with E-state index in [1.807, 2.05) is 14.0 Å². The Hall–Kier alpha value is -0.210. The standard InChI is InChI=1S/C12H27N3O3S/c1-4-15(11-12-7-5-10-18-12)19(16,17)14(3)9-6-8-13-2/h12-13H,4-11H2,1-3H3. The maximum atomic E-state index is 12.4. The zero-order valence-corrected chi connectivity index (χ0v) is 13.1. The van der Waals surface area contributed by atoms with Crippen LogP contribution in [0.3, 0.4) is 0 Å². The molecule has 6 nitrogen and oxygen atoms in total. The van der Waals surface area contributed by atoms with Crippen molar-refractivity contribution in [1.82, 2.24) is 13.9 Å². The summed E-state index contributed by atoms with van der Waals surface area (Å²) in [6.45, 7) is 4.92. The summed E-state index contributed by atoms with van der Waals surface area (Å²) in [7, 11) is 0.147. The highest BCUT2D eigenvalue weighted by molar-refractivity contribution is 7.86. The van der Waals surface area contributed by atoms with Gasteiger partial charge in [-0.3, -0.25) is 0 Å². The summed E-state index contributed by atoms with van der Waals surface area (Å²) in [6, 6.07) is 0. The van der Waals surface area contributed by atoms with Gasteiger partial charge >= 0.3 is 0 Å². The van der Waals surface area contributed by atoms with Crippen molar-refractivity contribution >= 4 is 10.2 Å². The van der Waals surface area contributed by atoms with E-state index in [4.69, 9.17) is 4.74 Å². The van der Waals surface area contributed by atoms with Crippen LogP contribution in [0.2, 0.25) is 0 Å². The van der Waals surface area contributed by atoms with Gasteiger partial charge in [-0.05, 0) is 32.9 Å². The SMILES string of the molecule is CCN(CC1CCCO1)S(=O)(=O)N(C)CCCNC. The fourth-order valence-electron chi connectivity index (χ4n) is 2.19. The van der Waals surface area contributed by atoms with Crippen molar-refractivity contribution in [3.8, 4) is 0 Å². The van der Waals surface area contributed by atoms with Crippen LogP contribution >= 0.6 is 0 Å². The molecule has 0 aromatic carbocycles. The van der Waals surface area contributed by atoms with E-state index < -0.39 is 10.2 Å². The monoisotopic (exact) mass is 293 g/mol. The number of rotatable bonds is 9. The first kappa shape index (κ1) is 16.8. The van der Waals surface area contributed by atoms with Crippen molar-refractivity contribution in [2.75, 3.05) is 46.9 Å². The van der Waals surface area contributed by atoms with Crippen molar-refractivity contribution in [3.05, 3.63) is 0 Å². The van der Waals surface area contributed by atoms with Gasteiger partial charge in [-0.25, -0.2) is 0 Å². The molecule has 19 heavy (non-hydrogen) atoms. The summed E-state index contributed by atoms with van der Waals surface area (Å²) < 4.78 is 33.3. The number of nitrogens with zero attached hydrogens (tertiary/aromatic N) is 2. The summed E-state index contributed by atoms with van der Waals surface area (Å²) in [5.41, 5.74) is 0. The van der Waals surface area contributed by atoms with Crippen LogP contribution < -0.4 is 5.32 Å². The van der Waals surface area contributed by atoms with E-state index in [0.29, 0.717) is 19.6 Å². The molecular weight excluding hydrogens is 266 g/mol. The molecule has 0 bridgehead atoms. The molecule has 1 heterocycles. The Morgan fingerprint density at radius 3 is 2.68 bits per heavy atom. The number of likely N-dealkylation sites (N-methyl/N-ethyl adjacent to an activating group) is 1. The van der Waals surface area contributed by atoms with Gasteiger partial charge in [0.25, 0.3) is 10.2 Å². The minimum atomic E-state index is -3.36. The third-order valence-corrected chi connectivity index (χ3v) is 5.43. The van der Waals surface area contributed by atoms with E-state index >= 15 is 0 Å². The molecule has 0 saturated carbocycles. The van der Waals surface area contributed by atoms with Crippen LogP contribution in [0.25, 0.3) is 0 Å². The van der Waals surface area contributed by atoms with Crippen LogP contribution in [-0.4, -0.2) is 70.0 Å². The number of ether oxygens (including phenoxy) is 1. The average Bonchev–Trinajstić information content (AvgIpc) is 2.88. The Kier molecular flexibility index (Phi) is 7.23. The minimum Gasteiger partial charge on any atom is -0.377 e. The van der Waals surface area contributed by atoms with Gasteiger partial charge in [0.2, 0.25) is 0 Å². The quantitative estimate of drug-likeness (QED) is 0.620. The topological polar surface area (TPSA) is 61.9 Å². The van der Waals surface area contributed by atoms with Crippen LogP contribution in [-0.2, 0) is 14.9 Å². The molecule has 7 heteroatoms. The van der Waals surface area contributed by atoms with Crippen molar-refractivity contribution in [2.45, 2.75) is 32.3 Å². The summed E-state index contributed by atoms with van der Waals surface area (Å²) in [5.74, 6) is 0. The summed E-state index contributed by atoms with van der Waals surface area (Å²) in [5, 5.41) is 3.02. The predicted molar refractivity (Wildman–Crippen MR) is 76.3 cm³/mol. The zero-order chi connectivity index (χ0) is 14.3. The van der Waals surface area contributed by atoms with Gasteiger partial charge < -0.3 is 10.1 Å². The second kappa shape index (κ2) is 8.16. The van der Waals surface area contributed by atoms with E-state index in [2.05, 4.69) is 5.32 Å². The molecule has 0 aliphatic carbocycles. The summed E-state index contributed by atoms with van der Waals surface area (Å²) >= 11 is 0. The van der Waals surface area contributed by atoms with Gasteiger partial charge in [0, 0.05) is 33.3 Å². The molecule has 0 radical (unpaired) electrons. The van der Waals surface area contributed by atoms with E-state index in [9.17, 15) is 8.42 Å². The van der Waals surface area contributed by atoms with Crippen LogP contribution in [0, 0.1) is 0 Å². The summed E-state index contributed by atoms with van der Waals surface area (Å²) in [6.07, 6.45) is 2.85. The number of hydrogen-bond donors (Lipinski definition) is 1. The van der Waals surface area contributed by atoms with Crippen LogP contribution in [0.15, 0.2) is 0 Å². The van der Waals surface area contributed by atoms with Crippen LogP contribution in [0.1, 0.15) is 26.2 Å². The van der Waals surface area contributed by atoms with Crippen molar-refractivity contribution < 1.29 is 13.2 Å². The second-order valence-corrected chi connectivity index (χ2v) is 6.91. The Bertz CT molecular complexity index is 342. The zero-order valence-electron chi connectivity index (χ0n) is 12.3. The molecule has 0 amide bonds. The molecule has 0 aromatic heterocycles. The lowest BCUT2D eigenvalue weighted by atomic mass is 10.2. The fraction of sp³-hybridized carbons (Fsp3) is 1.00. The molecule has 1 aliphatic heterocycles. The van der Waals surface area contributed by atoms with Gasteiger partial charge in [0.15, 0.2) is 0 Å². The van der Waals surface area contributed by atoms with E-state index in [1.165, 1.54) is 8.61 Å². The molecule has 1 atom stereocenters. The second-order valence-electron chi connectivity index (χ2n) is 4.87. The minimum absolute atomic E-state index is 0.0560. The molecule has 1 rings (SSSR count). The molecule has 0 spiro atoms. The third-order valence-electron chi connectivity index (χ3n) is 3.40. The Morgan fingerprint density at radius 1 is 1.42 bits per heavy atom. The first-order valence-electron chi connectivity index (χ1n) is 7.00. The average molecular weight is 293 g/mol. The van der Waals surface area contributed by atoms with E-state index in [-0.39, 0.29) is 6.10 Å². The third kappa shape index (κ3) is 5.00. The van der Waals surface area contributed by atoms with Gasteiger partial charge in [-0.1, -0.05) is 6.92 Å². The Morgan fingerprint density at radius 2 is 2.16 bits per heavy atom. The largest absolute Gasteiger partial charge is 0.377 e. The number of hydrogen-bond acceptors (Lipinski definition) is 4. The maximum Gasteiger partial charge on any atom is 0.281 e. The van der Waals surface area contributed by atoms with Crippen molar-refractivity contribution in [2.24, 2.45) is 0 Å². The maximum absolute atomic E-state index is 12.4. The molecule has 1 saturated heterocycles.